The van der Waals surface area contributed by atoms with E-state index in [1.54, 1.807) is 18.2 Å². The molecule has 0 spiro atoms. The van der Waals surface area contributed by atoms with Crippen LogP contribution in [0, 0.1) is 5.92 Å². The van der Waals surface area contributed by atoms with E-state index in [4.69, 9.17) is 4.42 Å². The molecular weight excluding hydrogens is 270 g/mol. The van der Waals surface area contributed by atoms with Crippen LogP contribution in [0.3, 0.4) is 0 Å². The molecule has 21 heavy (non-hydrogen) atoms. The Balaban J connectivity index is 1.49. The lowest BCUT2D eigenvalue weighted by atomic mass is 10.1. The van der Waals surface area contributed by atoms with E-state index in [0.717, 1.165) is 38.5 Å². The van der Waals surface area contributed by atoms with Crippen LogP contribution in [0.2, 0.25) is 0 Å². The van der Waals surface area contributed by atoms with Gasteiger partial charge in [0.1, 0.15) is 5.76 Å². The summed E-state index contributed by atoms with van der Waals surface area (Å²) in [6.45, 7) is 4.51. The molecule has 2 aliphatic rings. The summed E-state index contributed by atoms with van der Waals surface area (Å²) in [4.78, 5) is 29.8. The molecule has 1 unspecified atom stereocenters. The van der Waals surface area contributed by atoms with Gasteiger partial charge < -0.3 is 14.2 Å². The monoisotopic (exact) mass is 291 g/mol. The number of piperazine rings is 1. The van der Waals surface area contributed by atoms with Crippen LogP contribution in [0.4, 0.5) is 0 Å². The van der Waals surface area contributed by atoms with Gasteiger partial charge in [0.05, 0.1) is 18.7 Å². The van der Waals surface area contributed by atoms with Crippen LogP contribution in [0.25, 0.3) is 0 Å². The molecule has 0 saturated carbocycles. The first-order valence-corrected chi connectivity index (χ1v) is 7.41. The van der Waals surface area contributed by atoms with Crippen LogP contribution in [-0.4, -0.2) is 66.3 Å². The van der Waals surface area contributed by atoms with Crippen LogP contribution >= 0.6 is 0 Å². The Morgan fingerprint density at radius 1 is 1.33 bits per heavy atom. The number of nitrogens with zero attached hydrogens (tertiary/aromatic N) is 3. The van der Waals surface area contributed by atoms with Crippen LogP contribution in [0.5, 0.6) is 0 Å². The highest BCUT2D eigenvalue weighted by atomic mass is 16.3. The van der Waals surface area contributed by atoms with Gasteiger partial charge in [0.2, 0.25) is 11.8 Å². The second-order valence-electron chi connectivity index (χ2n) is 5.86. The molecule has 2 aliphatic heterocycles. The molecule has 0 N–H and O–H groups in total. The predicted octanol–water partition coefficient (Wildman–Crippen LogP) is 0.402. The summed E-state index contributed by atoms with van der Waals surface area (Å²) >= 11 is 0. The maximum Gasteiger partial charge on any atom is 0.228 e. The first-order valence-electron chi connectivity index (χ1n) is 7.41. The van der Waals surface area contributed by atoms with E-state index in [0.29, 0.717) is 13.0 Å². The van der Waals surface area contributed by atoms with Crippen LogP contribution in [0.1, 0.15) is 12.2 Å². The number of carbonyl (C=O) groups excluding carboxylic acids is 2. The minimum absolute atomic E-state index is 0.0739. The lowest BCUT2D eigenvalue weighted by Crippen LogP contribution is -2.50. The fourth-order valence-electron chi connectivity index (χ4n) is 3.04. The molecule has 3 heterocycles. The molecule has 6 nitrogen and oxygen atoms in total. The standard InChI is InChI=1S/C15H21N3O3/c1-16-10-12(9-14(16)19)15(20)18-6-4-17(5-7-18)11-13-3-2-8-21-13/h2-3,8,12H,4-7,9-11H2,1H3. The average molecular weight is 291 g/mol. The van der Waals surface area contributed by atoms with E-state index in [-0.39, 0.29) is 17.7 Å². The van der Waals surface area contributed by atoms with Crippen LogP contribution in [-0.2, 0) is 16.1 Å². The number of furan rings is 1. The maximum absolute atomic E-state index is 12.4. The first kappa shape index (κ1) is 14.1. The highest BCUT2D eigenvalue weighted by Gasteiger charge is 2.35. The quantitative estimate of drug-likeness (QED) is 0.809. The number of hydrogen-bond acceptors (Lipinski definition) is 4. The van der Waals surface area contributed by atoms with Crippen molar-refractivity contribution >= 4 is 11.8 Å². The number of amides is 2. The molecule has 2 fully saturated rings. The van der Waals surface area contributed by atoms with Crippen molar-refractivity contribution in [3.05, 3.63) is 24.2 Å². The third kappa shape index (κ3) is 3.10. The lowest BCUT2D eigenvalue weighted by Gasteiger charge is -2.35. The molecule has 2 amide bonds. The zero-order chi connectivity index (χ0) is 14.8. The number of carbonyl (C=O) groups is 2. The average Bonchev–Trinajstić information content (AvgIpc) is 3.10. The van der Waals surface area contributed by atoms with Crippen molar-refractivity contribution in [1.82, 2.24) is 14.7 Å². The number of rotatable bonds is 3. The van der Waals surface area contributed by atoms with Gasteiger partial charge >= 0.3 is 0 Å². The largest absolute Gasteiger partial charge is 0.468 e. The molecule has 1 atom stereocenters. The van der Waals surface area contributed by atoms with Crippen LogP contribution in [0.15, 0.2) is 22.8 Å². The molecule has 3 rings (SSSR count). The van der Waals surface area contributed by atoms with E-state index in [1.807, 2.05) is 17.0 Å². The Hall–Kier alpha value is -1.82. The highest BCUT2D eigenvalue weighted by molar-refractivity contribution is 5.89. The van der Waals surface area contributed by atoms with Gasteiger partial charge in [-0.3, -0.25) is 14.5 Å². The predicted molar refractivity (Wildman–Crippen MR) is 76.3 cm³/mol. The van der Waals surface area contributed by atoms with Crippen LogP contribution < -0.4 is 0 Å². The van der Waals surface area contributed by atoms with Gasteiger partial charge in [-0.15, -0.1) is 0 Å². The molecule has 114 valence electrons. The van der Waals surface area contributed by atoms with E-state index < -0.39 is 0 Å². The highest BCUT2D eigenvalue weighted by Crippen LogP contribution is 2.19. The van der Waals surface area contributed by atoms with Crippen molar-refractivity contribution in [1.29, 1.82) is 0 Å². The SMILES string of the molecule is CN1CC(C(=O)N2CCN(Cc3ccco3)CC2)CC1=O. The van der Waals surface area contributed by atoms with Gasteiger partial charge in [-0.05, 0) is 12.1 Å². The summed E-state index contributed by atoms with van der Waals surface area (Å²) < 4.78 is 5.35. The smallest absolute Gasteiger partial charge is 0.228 e. The minimum atomic E-state index is -0.154. The van der Waals surface area contributed by atoms with Gasteiger partial charge in [0, 0.05) is 46.2 Å². The fourth-order valence-corrected chi connectivity index (χ4v) is 3.04. The van der Waals surface area contributed by atoms with Crippen molar-refractivity contribution < 1.29 is 14.0 Å². The Morgan fingerprint density at radius 3 is 2.67 bits per heavy atom. The zero-order valence-electron chi connectivity index (χ0n) is 12.3. The third-order valence-corrected chi connectivity index (χ3v) is 4.33. The molecule has 0 bridgehead atoms. The number of likely N-dealkylation sites (tertiary alicyclic amines) is 1. The fraction of sp³-hybridized carbons (Fsp3) is 0.600. The molecule has 0 aromatic carbocycles. The molecule has 0 radical (unpaired) electrons. The van der Waals surface area contributed by atoms with Crippen molar-refractivity contribution in [2.45, 2.75) is 13.0 Å². The molecule has 1 aromatic heterocycles. The summed E-state index contributed by atoms with van der Waals surface area (Å²) in [6, 6.07) is 3.86. The van der Waals surface area contributed by atoms with Gasteiger partial charge in [-0.25, -0.2) is 0 Å². The molecule has 6 heteroatoms. The van der Waals surface area contributed by atoms with Crippen molar-refractivity contribution in [2.75, 3.05) is 39.8 Å². The molecule has 1 aromatic rings. The Kier molecular flexibility index (Phi) is 3.96. The number of hydrogen-bond donors (Lipinski definition) is 0. The second-order valence-corrected chi connectivity index (χ2v) is 5.86. The van der Waals surface area contributed by atoms with Gasteiger partial charge in [-0.2, -0.15) is 0 Å². The van der Waals surface area contributed by atoms with Gasteiger partial charge in [0.25, 0.3) is 0 Å². The molecule has 0 aliphatic carbocycles. The topological polar surface area (TPSA) is 57.0 Å². The summed E-state index contributed by atoms with van der Waals surface area (Å²) in [5.41, 5.74) is 0. The van der Waals surface area contributed by atoms with Crippen molar-refractivity contribution in [3.63, 3.8) is 0 Å². The Bertz CT molecular complexity index is 506. The second kappa shape index (κ2) is 5.89. The summed E-state index contributed by atoms with van der Waals surface area (Å²) in [5, 5.41) is 0. The van der Waals surface area contributed by atoms with E-state index in [9.17, 15) is 9.59 Å². The zero-order valence-corrected chi connectivity index (χ0v) is 12.3. The Labute approximate surface area is 124 Å². The molecular formula is C15H21N3O3. The minimum Gasteiger partial charge on any atom is -0.468 e. The lowest BCUT2D eigenvalue weighted by molar-refractivity contribution is -0.137. The third-order valence-electron chi connectivity index (χ3n) is 4.33. The van der Waals surface area contributed by atoms with E-state index in [1.165, 1.54) is 0 Å². The van der Waals surface area contributed by atoms with Gasteiger partial charge in [-0.1, -0.05) is 0 Å². The van der Waals surface area contributed by atoms with Crippen molar-refractivity contribution in [3.8, 4) is 0 Å². The summed E-state index contributed by atoms with van der Waals surface area (Å²) in [7, 11) is 1.76. The van der Waals surface area contributed by atoms with Crippen molar-refractivity contribution in [2.24, 2.45) is 5.92 Å². The Morgan fingerprint density at radius 2 is 2.10 bits per heavy atom. The van der Waals surface area contributed by atoms with E-state index in [2.05, 4.69) is 4.90 Å². The molecule has 2 saturated heterocycles. The summed E-state index contributed by atoms with van der Waals surface area (Å²) in [6.07, 6.45) is 2.05. The first-order chi connectivity index (χ1) is 10.1. The maximum atomic E-state index is 12.4. The summed E-state index contributed by atoms with van der Waals surface area (Å²) in [5.74, 6) is 1.01. The normalized spacial score (nSPS) is 23.9. The van der Waals surface area contributed by atoms with E-state index >= 15 is 0 Å². The van der Waals surface area contributed by atoms with Gasteiger partial charge in [0.15, 0.2) is 0 Å².